The molecule has 0 saturated carbocycles. The molecule has 4 N–H and O–H groups in total. The highest BCUT2D eigenvalue weighted by molar-refractivity contribution is 14.1. The second kappa shape index (κ2) is 8.27. The Hall–Kier alpha value is -2.21. The highest BCUT2D eigenvalue weighted by atomic mass is 131. The molecule has 4 rings (SSSR count). The van der Waals surface area contributed by atoms with Gasteiger partial charge in [0.05, 0.1) is 6.54 Å². The summed E-state index contributed by atoms with van der Waals surface area (Å²) in [5, 5.41) is 3.31. The number of nitrogens with one attached hydrogen (secondary N) is 2. The maximum Gasteiger partial charge on any atom is 0.425 e. The molecule has 1 aromatic carbocycles. The van der Waals surface area contributed by atoms with Crippen LogP contribution in [-0.2, 0) is 13.0 Å². The van der Waals surface area contributed by atoms with Gasteiger partial charge in [-0.25, -0.2) is 0 Å². The topological polar surface area (TPSA) is 102 Å². The number of fused-ring (bicyclic) bond motifs is 2. The van der Waals surface area contributed by atoms with Gasteiger partial charge < -0.3 is 25.5 Å². The Bertz CT molecular complexity index is 1060. The molecule has 0 spiro atoms. The van der Waals surface area contributed by atoms with E-state index < -0.39 is 6.08 Å². The summed E-state index contributed by atoms with van der Waals surface area (Å²) in [6.45, 7) is 6.37. The second-order valence-electron chi connectivity index (χ2n) is 7.37. The third-order valence-electron chi connectivity index (χ3n) is 4.65. The van der Waals surface area contributed by atoms with Crippen LogP contribution in [0.1, 0.15) is 25.2 Å². The standard InChI is InChI=1S/C19H22FIN6O2/c1-10(2)8-23-3-4-27-18-16(17(22)26-19(27)20)24-15(25-18)6-11-5-13-14(7-12(11)21)29-9-28-13/h5,7,10,23H,3-4,6,8-9H2,1-2H3,(H2,22,24,25)/p+1/i21+4. The first-order valence-corrected chi connectivity index (χ1v) is 10.5. The summed E-state index contributed by atoms with van der Waals surface area (Å²) in [5.74, 6) is 2.76. The number of halogens is 2. The number of nitrogens with zero attached hydrogens (tertiary/aromatic N) is 3. The monoisotopic (exact) mass is 517 g/mol. The van der Waals surface area contributed by atoms with Crippen molar-refractivity contribution in [1.82, 2.24) is 20.3 Å². The van der Waals surface area contributed by atoms with E-state index >= 15 is 0 Å². The third-order valence-corrected chi connectivity index (χ3v) is 5.65. The molecular formula is C19H23FIN6O2+. The van der Waals surface area contributed by atoms with Gasteiger partial charge in [0.2, 0.25) is 12.6 Å². The molecule has 0 radical (unpaired) electrons. The number of anilines is 1. The molecule has 1 aliphatic rings. The molecule has 2 aromatic heterocycles. The fourth-order valence-electron chi connectivity index (χ4n) is 3.23. The molecule has 0 unspecified atom stereocenters. The summed E-state index contributed by atoms with van der Waals surface area (Å²) >= 11 is 2.26. The Labute approximate surface area is 181 Å². The zero-order valence-corrected chi connectivity index (χ0v) is 18.4. The van der Waals surface area contributed by atoms with E-state index in [1.54, 1.807) is 0 Å². The van der Waals surface area contributed by atoms with Crippen molar-refractivity contribution in [1.29, 1.82) is 0 Å². The summed E-state index contributed by atoms with van der Waals surface area (Å²) in [5.41, 5.74) is 7.98. The summed E-state index contributed by atoms with van der Waals surface area (Å²) in [7, 11) is 0. The predicted octanol–water partition coefficient (Wildman–Crippen LogP) is 2.14. The number of hydrogen-bond donors (Lipinski definition) is 3. The molecule has 0 fully saturated rings. The van der Waals surface area contributed by atoms with Crippen LogP contribution in [0.15, 0.2) is 12.1 Å². The molecule has 0 aliphatic carbocycles. The van der Waals surface area contributed by atoms with Gasteiger partial charge in [0.1, 0.15) is 0 Å². The fourth-order valence-corrected chi connectivity index (χ4v) is 3.86. The number of imidazole rings is 1. The number of aromatic nitrogens is 4. The fraction of sp³-hybridized carbons (Fsp3) is 0.421. The summed E-state index contributed by atoms with van der Waals surface area (Å²) < 4.78 is 27.8. The maximum absolute atomic E-state index is 14.5. The number of ether oxygens (including phenoxy) is 2. The molecule has 3 aromatic rings. The van der Waals surface area contributed by atoms with Crippen molar-refractivity contribution in [2.75, 3.05) is 25.6 Å². The molecule has 0 atom stereocenters. The van der Waals surface area contributed by atoms with Crippen LogP contribution < -0.4 is 25.1 Å². The smallest absolute Gasteiger partial charge is 0.425 e. The number of H-pyrrole nitrogens is 1. The van der Waals surface area contributed by atoms with Gasteiger partial charge in [-0.3, -0.25) is 0 Å². The Morgan fingerprint density at radius 1 is 1.31 bits per heavy atom. The number of nitrogen functional groups attached to an aromatic ring is 1. The van der Waals surface area contributed by atoms with E-state index in [0.29, 0.717) is 42.4 Å². The normalized spacial score (nSPS) is 13.0. The van der Waals surface area contributed by atoms with Gasteiger partial charge in [-0.1, -0.05) is 23.8 Å². The maximum atomic E-state index is 14.5. The van der Waals surface area contributed by atoms with Crippen molar-refractivity contribution >= 4 is 39.6 Å². The van der Waals surface area contributed by atoms with Crippen LogP contribution in [0.25, 0.3) is 11.2 Å². The number of aromatic amines is 1. The lowest BCUT2D eigenvalue weighted by atomic mass is 10.1. The van der Waals surface area contributed by atoms with Gasteiger partial charge in [-0.05, 0) is 52.7 Å². The molecule has 0 amide bonds. The number of nitrogens with two attached hydrogens (primary N) is 1. The molecule has 3 heterocycles. The van der Waals surface area contributed by atoms with Gasteiger partial charge in [0.25, 0.3) is 5.65 Å². The van der Waals surface area contributed by atoms with Crippen molar-refractivity contribution in [3.8, 4) is 11.5 Å². The van der Waals surface area contributed by atoms with Crippen molar-refractivity contribution in [3.05, 3.63) is 33.2 Å². The van der Waals surface area contributed by atoms with Crippen molar-refractivity contribution in [2.24, 2.45) is 5.92 Å². The second-order valence-corrected chi connectivity index (χ2v) is 8.53. The van der Waals surface area contributed by atoms with E-state index in [1.165, 1.54) is 4.57 Å². The zero-order chi connectivity index (χ0) is 20.5. The van der Waals surface area contributed by atoms with E-state index in [-0.39, 0.29) is 12.6 Å². The average molecular weight is 517 g/mol. The largest absolute Gasteiger partial charge is 0.454 e. The third kappa shape index (κ3) is 4.22. The molecule has 154 valence electrons. The van der Waals surface area contributed by atoms with Crippen LogP contribution in [0.2, 0.25) is 0 Å². The lowest BCUT2D eigenvalue weighted by Crippen LogP contribution is -2.45. The van der Waals surface area contributed by atoms with Crippen LogP contribution in [0.3, 0.4) is 0 Å². The molecule has 29 heavy (non-hydrogen) atoms. The average Bonchev–Trinajstić information content (AvgIpc) is 3.28. The first kappa shape index (κ1) is 20.1. The number of hydrogen-bond acceptors (Lipinski definition) is 6. The minimum absolute atomic E-state index is 0.100. The minimum atomic E-state index is -0.642. The minimum Gasteiger partial charge on any atom is -0.454 e. The lowest BCUT2D eigenvalue weighted by molar-refractivity contribution is -0.703. The molecule has 1 aliphatic heterocycles. The van der Waals surface area contributed by atoms with Crippen LogP contribution in [0, 0.1) is 15.6 Å². The highest BCUT2D eigenvalue weighted by Crippen LogP contribution is 2.36. The summed E-state index contributed by atoms with van der Waals surface area (Å²) in [6.07, 6.45) is -0.118. The van der Waals surface area contributed by atoms with Crippen molar-refractivity contribution in [2.45, 2.75) is 26.8 Å². The van der Waals surface area contributed by atoms with Crippen LogP contribution >= 0.6 is 22.6 Å². The Kier molecular flexibility index (Phi) is 5.72. The van der Waals surface area contributed by atoms with Gasteiger partial charge >= 0.3 is 6.08 Å². The number of rotatable bonds is 7. The predicted molar refractivity (Wildman–Crippen MR) is 114 cm³/mol. The molecule has 10 heteroatoms. The van der Waals surface area contributed by atoms with Crippen LogP contribution in [0.5, 0.6) is 11.5 Å². The number of benzene rings is 1. The van der Waals surface area contributed by atoms with Gasteiger partial charge in [-0.15, -0.1) is 4.39 Å². The molecule has 0 bridgehead atoms. The van der Waals surface area contributed by atoms with Gasteiger partial charge in [0.15, 0.2) is 22.8 Å². The molecular weight excluding hydrogens is 494 g/mol. The van der Waals surface area contributed by atoms with Crippen LogP contribution in [0.4, 0.5) is 10.2 Å². The van der Waals surface area contributed by atoms with Crippen molar-refractivity contribution in [3.63, 3.8) is 0 Å². The van der Waals surface area contributed by atoms with Crippen molar-refractivity contribution < 1.29 is 18.4 Å². The Balaban J connectivity index is 1.62. The first-order chi connectivity index (χ1) is 13.9. The van der Waals surface area contributed by atoms with E-state index in [4.69, 9.17) is 15.2 Å². The van der Waals surface area contributed by atoms with Gasteiger partial charge in [0, 0.05) is 16.5 Å². The van der Waals surface area contributed by atoms with E-state index in [0.717, 1.165) is 27.2 Å². The highest BCUT2D eigenvalue weighted by Gasteiger charge is 2.24. The molecule has 8 nitrogen and oxygen atoms in total. The summed E-state index contributed by atoms with van der Waals surface area (Å²) in [6, 6.07) is 3.89. The van der Waals surface area contributed by atoms with E-state index in [2.05, 4.69) is 56.7 Å². The van der Waals surface area contributed by atoms with Crippen LogP contribution in [-0.4, -0.2) is 34.8 Å². The Morgan fingerprint density at radius 3 is 2.83 bits per heavy atom. The Morgan fingerprint density at radius 2 is 2.07 bits per heavy atom. The quantitative estimate of drug-likeness (QED) is 0.192. The first-order valence-electron chi connectivity index (χ1n) is 9.44. The van der Waals surface area contributed by atoms with E-state index in [9.17, 15) is 4.39 Å². The zero-order valence-electron chi connectivity index (χ0n) is 16.3. The molecule has 0 saturated heterocycles. The van der Waals surface area contributed by atoms with E-state index in [1.807, 2.05) is 12.1 Å². The van der Waals surface area contributed by atoms with Gasteiger partial charge in [-0.2, -0.15) is 4.57 Å². The lowest BCUT2D eigenvalue weighted by Gasteiger charge is -2.07. The SMILES string of the molecule is CC(C)CNCC[n+]1c(F)nc(N)c2[nH]c(Cc3cc4c(cc3[131I])OCO4)nc21. The summed E-state index contributed by atoms with van der Waals surface area (Å²) in [4.78, 5) is 11.7.